The fourth-order valence-corrected chi connectivity index (χ4v) is 1.77. The largest absolute Gasteiger partial charge is 0.453 e. The van der Waals surface area contributed by atoms with Crippen LogP contribution < -0.4 is 5.32 Å². The topological polar surface area (TPSA) is 55.4 Å². The molecule has 0 saturated heterocycles. The van der Waals surface area contributed by atoms with Crippen LogP contribution in [0, 0.1) is 5.92 Å². The summed E-state index contributed by atoms with van der Waals surface area (Å²) >= 11 is 0. The number of nitrogens with one attached hydrogen (secondary N) is 1. The van der Waals surface area contributed by atoms with Crippen LogP contribution in [0.1, 0.15) is 38.3 Å². The van der Waals surface area contributed by atoms with E-state index in [1.165, 1.54) is 7.11 Å². The highest BCUT2D eigenvalue weighted by Gasteiger charge is 2.21. The maximum absolute atomic E-state index is 12.0. The van der Waals surface area contributed by atoms with Gasteiger partial charge in [-0.25, -0.2) is 4.79 Å². The number of alkyl carbamates (subject to hydrolysis) is 1. The predicted octanol–water partition coefficient (Wildman–Crippen LogP) is 3.09. The number of methoxy groups -OCH3 is 1. The predicted molar refractivity (Wildman–Crippen MR) is 73.8 cm³/mol. The lowest BCUT2D eigenvalue weighted by atomic mass is 9.94. The van der Waals surface area contributed by atoms with E-state index in [1.807, 2.05) is 44.2 Å². The third-order valence-electron chi connectivity index (χ3n) is 3.25. The van der Waals surface area contributed by atoms with Crippen molar-refractivity contribution in [2.45, 2.75) is 32.7 Å². The molecule has 104 valence electrons. The highest BCUT2D eigenvalue weighted by atomic mass is 16.5. The average molecular weight is 263 g/mol. The van der Waals surface area contributed by atoms with Gasteiger partial charge in [-0.05, 0) is 12.0 Å². The zero-order valence-corrected chi connectivity index (χ0v) is 11.7. The van der Waals surface area contributed by atoms with Crippen LogP contribution >= 0.6 is 0 Å². The molecule has 0 aliphatic carbocycles. The third kappa shape index (κ3) is 4.73. The second-order valence-electron chi connectivity index (χ2n) is 4.58. The Morgan fingerprint density at radius 2 is 1.89 bits per heavy atom. The van der Waals surface area contributed by atoms with E-state index in [-0.39, 0.29) is 24.2 Å². The standard InChI is InChI=1S/C15H21NO3/c1-4-11(2)14(17)10-13(16-15(18)19-3)12-8-6-5-7-9-12/h5-9,11,13H,4,10H2,1-3H3,(H,16,18)/t11?,13-/m1/s1. The van der Waals surface area contributed by atoms with Crippen LogP contribution in [0.3, 0.4) is 0 Å². The molecular weight excluding hydrogens is 242 g/mol. The van der Waals surface area contributed by atoms with Crippen molar-refractivity contribution >= 4 is 11.9 Å². The fraction of sp³-hybridized carbons (Fsp3) is 0.467. The van der Waals surface area contributed by atoms with E-state index in [9.17, 15) is 9.59 Å². The van der Waals surface area contributed by atoms with Gasteiger partial charge in [0.2, 0.25) is 0 Å². The van der Waals surface area contributed by atoms with Crippen LogP contribution in [0.25, 0.3) is 0 Å². The van der Waals surface area contributed by atoms with Gasteiger partial charge in [-0.15, -0.1) is 0 Å². The zero-order valence-electron chi connectivity index (χ0n) is 11.7. The number of carbonyl (C=O) groups excluding carboxylic acids is 2. The molecule has 0 heterocycles. The number of hydrogen-bond acceptors (Lipinski definition) is 3. The summed E-state index contributed by atoms with van der Waals surface area (Å²) in [5.41, 5.74) is 0.907. The number of amides is 1. The van der Waals surface area contributed by atoms with Crippen molar-refractivity contribution in [3.05, 3.63) is 35.9 Å². The number of benzene rings is 1. The van der Waals surface area contributed by atoms with Crippen LogP contribution in [0.2, 0.25) is 0 Å². The first kappa shape index (κ1) is 15.2. The SMILES string of the molecule is CCC(C)C(=O)C[C@@H](NC(=O)OC)c1ccccc1. The van der Waals surface area contributed by atoms with Gasteiger partial charge in [-0.3, -0.25) is 4.79 Å². The van der Waals surface area contributed by atoms with Crippen molar-refractivity contribution in [1.82, 2.24) is 5.32 Å². The molecular formula is C15H21NO3. The van der Waals surface area contributed by atoms with E-state index >= 15 is 0 Å². The van der Waals surface area contributed by atoms with Gasteiger partial charge in [0.1, 0.15) is 5.78 Å². The van der Waals surface area contributed by atoms with Crippen LogP contribution in [0.5, 0.6) is 0 Å². The number of Topliss-reactive ketones (excluding diaryl/α,β-unsaturated/α-hetero) is 1. The van der Waals surface area contributed by atoms with Gasteiger partial charge in [0.25, 0.3) is 0 Å². The van der Waals surface area contributed by atoms with Gasteiger partial charge in [-0.1, -0.05) is 44.2 Å². The third-order valence-corrected chi connectivity index (χ3v) is 3.25. The number of carbonyl (C=O) groups is 2. The molecule has 1 amide bonds. The van der Waals surface area contributed by atoms with Crippen molar-refractivity contribution in [3.63, 3.8) is 0 Å². The molecule has 19 heavy (non-hydrogen) atoms. The highest BCUT2D eigenvalue weighted by Crippen LogP contribution is 2.20. The summed E-state index contributed by atoms with van der Waals surface area (Å²) in [7, 11) is 1.31. The molecule has 0 spiro atoms. The van der Waals surface area contributed by atoms with Gasteiger partial charge in [-0.2, -0.15) is 0 Å². The summed E-state index contributed by atoms with van der Waals surface area (Å²) in [5.74, 6) is 0.151. The first-order valence-corrected chi connectivity index (χ1v) is 6.50. The molecule has 0 radical (unpaired) electrons. The van der Waals surface area contributed by atoms with Gasteiger partial charge in [0.05, 0.1) is 13.2 Å². The van der Waals surface area contributed by atoms with Crippen molar-refractivity contribution in [2.24, 2.45) is 5.92 Å². The van der Waals surface area contributed by atoms with Crippen molar-refractivity contribution < 1.29 is 14.3 Å². The second kappa shape index (κ2) is 7.56. The van der Waals surface area contributed by atoms with Crippen LogP contribution in [0.4, 0.5) is 4.79 Å². The Hall–Kier alpha value is -1.84. The summed E-state index contributed by atoms with van der Waals surface area (Å²) in [6.45, 7) is 3.89. The molecule has 4 heteroatoms. The molecule has 0 bridgehead atoms. The van der Waals surface area contributed by atoms with E-state index < -0.39 is 6.09 Å². The molecule has 0 fully saturated rings. The number of ether oxygens (including phenoxy) is 1. The Labute approximate surface area is 114 Å². The second-order valence-corrected chi connectivity index (χ2v) is 4.58. The number of rotatable bonds is 6. The lowest BCUT2D eigenvalue weighted by molar-refractivity contribution is -0.122. The van der Waals surface area contributed by atoms with Gasteiger partial charge in [0.15, 0.2) is 0 Å². The number of hydrogen-bond donors (Lipinski definition) is 1. The summed E-state index contributed by atoms with van der Waals surface area (Å²) in [5, 5.41) is 2.71. The molecule has 2 atom stereocenters. The van der Waals surface area contributed by atoms with E-state index in [2.05, 4.69) is 10.1 Å². The fourth-order valence-electron chi connectivity index (χ4n) is 1.77. The number of ketones is 1. The summed E-state index contributed by atoms with van der Waals surface area (Å²) < 4.78 is 4.61. The summed E-state index contributed by atoms with van der Waals surface area (Å²) in [6, 6.07) is 9.11. The molecule has 1 rings (SSSR count). The Balaban J connectivity index is 2.81. The highest BCUT2D eigenvalue weighted by molar-refractivity contribution is 5.82. The average Bonchev–Trinajstić information content (AvgIpc) is 2.46. The van der Waals surface area contributed by atoms with E-state index in [0.717, 1.165) is 12.0 Å². The van der Waals surface area contributed by atoms with Crippen molar-refractivity contribution in [2.75, 3.05) is 7.11 Å². The zero-order chi connectivity index (χ0) is 14.3. The Bertz CT molecular complexity index is 417. The van der Waals surface area contributed by atoms with Crippen molar-refractivity contribution in [1.29, 1.82) is 0 Å². The molecule has 0 saturated carbocycles. The Kier molecular flexibility index (Phi) is 6.06. The minimum Gasteiger partial charge on any atom is -0.453 e. The van der Waals surface area contributed by atoms with Gasteiger partial charge in [0, 0.05) is 12.3 Å². The Morgan fingerprint density at radius 1 is 1.26 bits per heavy atom. The van der Waals surface area contributed by atoms with Gasteiger partial charge < -0.3 is 10.1 Å². The molecule has 0 aliphatic rings. The first-order valence-electron chi connectivity index (χ1n) is 6.50. The minimum atomic E-state index is -0.522. The van der Waals surface area contributed by atoms with Crippen LogP contribution in [-0.4, -0.2) is 19.0 Å². The summed E-state index contributed by atoms with van der Waals surface area (Å²) in [6.07, 6.45) is 0.568. The smallest absolute Gasteiger partial charge is 0.407 e. The quantitative estimate of drug-likeness (QED) is 0.858. The normalized spacial score (nSPS) is 13.4. The maximum Gasteiger partial charge on any atom is 0.407 e. The van der Waals surface area contributed by atoms with E-state index in [4.69, 9.17) is 0 Å². The lowest BCUT2D eigenvalue weighted by Crippen LogP contribution is -2.31. The van der Waals surface area contributed by atoms with E-state index in [1.54, 1.807) is 0 Å². The molecule has 0 aliphatic heterocycles. The maximum atomic E-state index is 12.0. The van der Waals surface area contributed by atoms with Gasteiger partial charge >= 0.3 is 6.09 Å². The van der Waals surface area contributed by atoms with E-state index in [0.29, 0.717) is 0 Å². The molecule has 4 nitrogen and oxygen atoms in total. The molecule has 1 unspecified atom stereocenters. The first-order chi connectivity index (χ1) is 9.08. The van der Waals surface area contributed by atoms with Crippen LogP contribution in [0.15, 0.2) is 30.3 Å². The molecule has 1 aromatic carbocycles. The summed E-state index contributed by atoms with van der Waals surface area (Å²) in [4.78, 5) is 23.4. The Morgan fingerprint density at radius 3 is 2.42 bits per heavy atom. The molecule has 1 N–H and O–H groups in total. The van der Waals surface area contributed by atoms with Crippen LogP contribution in [-0.2, 0) is 9.53 Å². The minimum absolute atomic E-state index is 0.00524. The van der Waals surface area contributed by atoms with Crippen molar-refractivity contribution in [3.8, 4) is 0 Å². The molecule has 1 aromatic rings. The monoisotopic (exact) mass is 263 g/mol. The molecule has 0 aromatic heterocycles. The lowest BCUT2D eigenvalue weighted by Gasteiger charge is -2.19.